The van der Waals surface area contributed by atoms with Crippen LogP contribution in [0.1, 0.15) is 24.2 Å². The monoisotopic (exact) mass is 326 g/mol. The van der Waals surface area contributed by atoms with E-state index in [4.69, 9.17) is 0 Å². The van der Waals surface area contributed by atoms with E-state index in [9.17, 15) is 14.7 Å². The van der Waals surface area contributed by atoms with Crippen LogP contribution in [0.2, 0.25) is 0 Å². The molecular weight excluding hydrogens is 304 g/mol. The number of nitrogens with one attached hydrogen (secondary N) is 1. The number of hydrogen-bond acceptors (Lipinski definition) is 4. The average molecular weight is 326 g/mol. The third kappa shape index (κ3) is 4.93. The first-order valence-corrected chi connectivity index (χ1v) is 7.85. The molecule has 0 spiro atoms. The highest BCUT2D eigenvalue weighted by atomic mass is 16.3. The van der Waals surface area contributed by atoms with Crippen molar-refractivity contribution in [1.82, 2.24) is 0 Å². The number of nitrogens with zero attached hydrogens (tertiary/aromatic N) is 1. The fourth-order valence-electron chi connectivity index (χ4n) is 2.48. The van der Waals surface area contributed by atoms with Gasteiger partial charge in [-0.05, 0) is 38.1 Å². The molecule has 1 amide bonds. The maximum atomic E-state index is 12.4. The number of anilines is 2. The molecule has 5 nitrogen and oxygen atoms in total. The van der Waals surface area contributed by atoms with Crippen LogP contribution in [0.5, 0.6) is 0 Å². The molecule has 0 aromatic heterocycles. The van der Waals surface area contributed by atoms with Crippen LogP contribution in [0.3, 0.4) is 0 Å². The number of rotatable bonds is 7. The standard InChI is InChI=1S/C19H22N2O3/c1-14(22)12-21(16-8-4-3-5-9-16)13-19(24)20-18-11-7-6-10-17(18)15(2)23/h3-11,14,22H,12-13H2,1-2H3,(H,20,24). The fourth-order valence-corrected chi connectivity index (χ4v) is 2.48. The van der Waals surface area contributed by atoms with Crippen molar-refractivity contribution in [2.24, 2.45) is 0 Å². The predicted molar refractivity (Wildman–Crippen MR) is 95.4 cm³/mol. The van der Waals surface area contributed by atoms with E-state index in [1.54, 1.807) is 36.1 Å². The maximum absolute atomic E-state index is 12.4. The molecule has 0 saturated heterocycles. The minimum Gasteiger partial charge on any atom is -0.392 e. The Kier molecular flexibility index (Phi) is 6.09. The second-order valence-electron chi connectivity index (χ2n) is 5.72. The number of ketones is 1. The first-order chi connectivity index (χ1) is 11.5. The molecule has 2 aromatic rings. The number of aliphatic hydroxyl groups is 1. The highest BCUT2D eigenvalue weighted by molar-refractivity contribution is 6.04. The maximum Gasteiger partial charge on any atom is 0.243 e. The molecule has 2 N–H and O–H groups in total. The average Bonchev–Trinajstić information content (AvgIpc) is 2.55. The molecule has 0 aliphatic rings. The summed E-state index contributed by atoms with van der Waals surface area (Å²) < 4.78 is 0. The Bertz CT molecular complexity index is 699. The van der Waals surface area contributed by atoms with E-state index >= 15 is 0 Å². The van der Waals surface area contributed by atoms with Gasteiger partial charge in [-0.2, -0.15) is 0 Å². The minimum absolute atomic E-state index is 0.0845. The molecule has 24 heavy (non-hydrogen) atoms. The van der Waals surface area contributed by atoms with E-state index < -0.39 is 6.10 Å². The Labute approximate surface area is 141 Å². The number of Topliss-reactive ketones (excluding diaryl/α,β-unsaturated/α-hetero) is 1. The SMILES string of the molecule is CC(=O)c1ccccc1NC(=O)CN(CC(C)O)c1ccccc1. The van der Waals surface area contributed by atoms with Crippen molar-refractivity contribution in [2.45, 2.75) is 20.0 Å². The van der Waals surface area contributed by atoms with Gasteiger partial charge in [0.1, 0.15) is 0 Å². The Balaban J connectivity index is 2.12. The van der Waals surface area contributed by atoms with Gasteiger partial charge in [-0.25, -0.2) is 0 Å². The first-order valence-electron chi connectivity index (χ1n) is 7.85. The van der Waals surface area contributed by atoms with E-state index in [0.29, 0.717) is 17.8 Å². The quantitative estimate of drug-likeness (QED) is 0.768. The summed E-state index contributed by atoms with van der Waals surface area (Å²) in [5.74, 6) is -0.344. The molecule has 5 heteroatoms. The van der Waals surface area contributed by atoms with Crippen LogP contribution in [-0.2, 0) is 4.79 Å². The van der Waals surface area contributed by atoms with Gasteiger partial charge in [0.15, 0.2) is 5.78 Å². The van der Waals surface area contributed by atoms with Gasteiger partial charge in [-0.15, -0.1) is 0 Å². The Morgan fingerprint density at radius 2 is 1.71 bits per heavy atom. The largest absolute Gasteiger partial charge is 0.392 e. The van der Waals surface area contributed by atoms with Gasteiger partial charge in [0.25, 0.3) is 0 Å². The number of carbonyl (C=O) groups is 2. The summed E-state index contributed by atoms with van der Waals surface area (Å²) in [5, 5.41) is 12.5. The summed E-state index contributed by atoms with van der Waals surface area (Å²) >= 11 is 0. The summed E-state index contributed by atoms with van der Waals surface area (Å²) in [5.41, 5.74) is 1.83. The Morgan fingerprint density at radius 3 is 2.33 bits per heavy atom. The topological polar surface area (TPSA) is 69.6 Å². The van der Waals surface area contributed by atoms with Crippen LogP contribution < -0.4 is 10.2 Å². The van der Waals surface area contributed by atoms with Gasteiger partial charge >= 0.3 is 0 Å². The molecule has 0 radical (unpaired) electrons. The molecule has 0 saturated carbocycles. The molecule has 2 rings (SSSR count). The van der Waals surface area contributed by atoms with Gasteiger partial charge in [0, 0.05) is 17.8 Å². The Hall–Kier alpha value is -2.66. The third-order valence-corrected chi connectivity index (χ3v) is 3.52. The highest BCUT2D eigenvalue weighted by Gasteiger charge is 2.15. The number of carbonyl (C=O) groups excluding carboxylic acids is 2. The van der Waals surface area contributed by atoms with Gasteiger partial charge in [0.2, 0.25) is 5.91 Å². The molecule has 1 atom stereocenters. The fraction of sp³-hybridized carbons (Fsp3) is 0.263. The number of benzene rings is 2. The highest BCUT2D eigenvalue weighted by Crippen LogP contribution is 2.17. The first kappa shape index (κ1) is 17.7. The third-order valence-electron chi connectivity index (χ3n) is 3.52. The number of amides is 1. The molecule has 0 aliphatic heterocycles. The zero-order valence-electron chi connectivity index (χ0n) is 13.9. The van der Waals surface area contributed by atoms with Crippen LogP contribution in [0.15, 0.2) is 54.6 Å². The van der Waals surface area contributed by atoms with Crippen LogP contribution in [-0.4, -0.2) is 36.0 Å². The van der Waals surface area contributed by atoms with Crippen LogP contribution in [0, 0.1) is 0 Å². The normalized spacial score (nSPS) is 11.6. The molecule has 1 unspecified atom stereocenters. The van der Waals surface area contributed by atoms with E-state index in [1.165, 1.54) is 6.92 Å². The molecule has 126 valence electrons. The van der Waals surface area contributed by atoms with Crippen LogP contribution in [0.4, 0.5) is 11.4 Å². The number of hydrogen-bond donors (Lipinski definition) is 2. The van der Waals surface area contributed by atoms with Crippen LogP contribution >= 0.6 is 0 Å². The summed E-state index contributed by atoms with van der Waals surface area (Å²) in [7, 11) is 0. The van der Waals surface area contributed by atoms with Gasteiger partial charge in [0.05, 0.1) is 18.3 Å². The van der Waals surface area contributed by atoms with Crippen molar-refractivity contribution in [3.8, 4) is 0 Å². The lowest BCUT2D eigenvalue weighted by atomic mass is 10.1. The van der Waals surface area contributed by atoms with Crippen molar-refractivity contribution in [1.29, 1.82) is 0 Å². The van der Waals surface area contributed by atoms with Gasteiger partial charge < -0.3 is 15.3 Å². The lowest BCUT2D eigenvalue weighted by molar-refractivity contribution is -0.115. The van der Waals surface area contributed by atoms with E-state index in [-0.39, 0.29) is 18.2 Å². The molecular formula is C19H22N2O3. The van der Waals surface area contributed by atoms with E-state index in [1.807, 2.05) is 30.3 Å². The van der Waals surface area contributed by atoms with Crippen molar-refractivity contribution < 1.29 is 14.7 Å². The Morgan fingerprint density at radius 1 is 1.08 bits per heavy atom. The van der Waals surface area contributed by atoms with Crippen molar-refractivity contribution in [3.05, 3.63) is 60.2 Å². The summed E-state index contributed by atoms with van der Waals surface area (Å²) in [6, 6.07) is 16.4. The van der Waals surface area contributed by atoms with Gasteiger partial charge in [-0.3, -0.25) is 9.59 Å². The van der Waals surface area contributed by atoms with E-state index in [0.717, 1.165) is 5.69 Å². The predicted octanol–water partition coefficient (Wildman–Crippen LogP) is 2.72. The van der Waals surface area contributed by atoms with Crippen molar-refractivity contribution in [3.63, 3.8) is 0 Å². The molecule has 0 heterocycles. The second kappa shape index (κ2) is 8.26. The number of aliphatic hydroxyl groups excluding tert-OH is 1. The van der Waals surface area contributed by atoms with Crippen LogP contribution in [0.25, 0.3) is 0 Å². The minimum atomic E-state index is -0.567. The van der Waals surface area contributed by atoms with Crippen molar-refractivity contribution >= 4 is 23.1 Å². The lowest BCUT2D eigenvalue weighted by Gasteiger charge is -2.25. The second-order valence-corrected chi connectivity index (χ2v) is 5.72. The summed E-state index contributed by atoms with van der Waals surface area (Å²) in [6.07, 6.45) is -0.567. The van der Waals surface area contributed by atoms with E-state index in [2.05, 4.69) is 5.32 Å². The number of para-hydroxylation sites is 2. The van der Waals surface area contributed by atoms with Gasteiger partial charge in [-0.1, -0.05) is 30.3 Å². The summed E-state index contributed by atoms with van der Waals surface area (Å²) in [4.78, 5) is 25.9. The molecule has 0 fully saturated rings. The molecule has 0 bridgehead atoms. The zero-order valence-corrected chi connectivity index (χ0v) is 13.9. The molecule has 2 aromatic carbocycles. The molecule has 0 aliphatic carbocycles. The zero-order chi connectivity index (χ0) is 17.5. The van der Waals surface area contributed by atoms with Crippen molar-refractivity contribution in [2.75, 3.05) is 23.3 Å². The smallest absolute Gasteiger partial charge is 0.243 e. The summed E-state index contributed by atoms with van der Waals surface area (Å²) in [6.45, 7) is 3.57. The lowest BCUT2D eigenvalue weighted by Crippen LogP contribution is -2.37.